The first-order valence-electron chi connectivity index (χ1n) is 12.2. The number of methoxy groups -OCH3 is 1. The molecule has 0 radical (unpaired) electrons. The van der Waals surface area contributed by atoms with Crippen molar-refractivity contribution in [2.45, 2.75) is 32.4 Å². The van der Waals surface area contributed by atoms with Crippen LogP contribution in [0.25, 0.3) is 11.6 Å². The van der Waals surface area contributed by atoms with Crippen molar-refractivity contribution in [3.05, 3.63) is 83.1 Å². The molecule has 8 heteroatoms. The zero-order valence-electron chi connectivity index (χ0n) is 20.7. The average Bonchev–Trinajstić information content (AvgIpc) is 3.33. The van der Waals surface area contributed by atoms with Crippen LogP contribution in [-0.2, 0) is 6.42 Å². The third-order valence-corrected chi connectivity index (χ3v) is 6.98. The van der Waals surface area contributed by atoms with Crippen LogP contribution < -0.4 is 15.0 Å². The molecule has 5 rings (SSSR count). The fourth-order valence-electron chi connectivity index (χ4n) is 4.91. The van der Waals surface area contributed by atoms with Crippen LogP contribution in [0.4, 0.5) is 15.0 Å². The average molecular weight is 488 g/mol. The molecule has 2 amide bonds. The Bertz CT molecular complexity index is 1280. The summed E-state index contributed by atoms with van der Waals surface area (Å²) < 4.78 is 18.6. The molecule has 2 aliphatic rings. The number of hydrogen-bond acceptors (Lipinski definition) is 5. The minimum Gasteiger partial charge on any atom is -0.497 e. The van der Waals surface area contributed by atoms with Crippen molar-refractivity contribution in [1.29, 1.82) is 0 Å². The molecule has 2 heterocycles. The van der Waals surface area contributed by atoms with Gasteiger partial charge in [0.15, 0.2) is 0 Å². The van der Waals surface area contributed by atoms with E-state index in [1.807, 2.05) is 36.1 Å². The Morgan fingerprint density at radius 1 is 1.11 bits per heavy atom. The van der Waals surface area contributed by atoms with Gasteiger partial charge in [-0.15, -0.1) is 0 Å². The summed E-state index contributed by atoms with van der Waals surface area (Å²) in [6, 6.07) is 14.1. The zero-order chi connectivity index (χ0) is 25.2. The largest absolute Gasteiger partial charge is 0.497 e. The first kappa shape index (κ1) is 23.8. The molecule has 186 valence electrons. The number of piperazine rings is 1. The summed E-state index contributed by atoms with van der Waals surface area (Å²) in [7, 11) is 1.64. The summed E-state index contributed by atoms with van der Waals surface area (Å²) in [4.78, 5) is 26.3. The van der Waals surface area contributed by atoms with E-state index in [9.17, 15) is 9.18 Å². The summed E-state index contributed by atoms with van der Waals surface area (Å²) in [5.74, 6) is 1.43. The number of allylic oxidation sites excluding steroid dienone is 1. The second-order valence-corrected chi connectivity index (χ2v) is 9.34. The van der Waals surface area contributed by atoms with Crippen LogP contribution in [0.15, 0.2) is 54.9 Å². The van der Waals surface area contributed by atoms with Gasteiger partial charge in [-0.2, -0.15) is 0 Å². The smallest absolute Gasteiger partial charge is 0.318 e. The lowest BCUT2D eigenvalue weighted by molar-refractivity contribution is 0.168. The van der Waals surface area contributed by atoms with E-state index < -0.39 is 0 Å². The van der Waals surface area contributed by atoms with Gasteiger partial charge >= 0.3 is 6.03 Å². The van der Waals surface area contributed by atoms with E-state index in [-0.39, 0.29) is 23.9 Å². The van der Waals surface area contributed by atoms with E-state index in [0.29, 0.717) is 26.1 Å². The van der Waals surface area contributed by atoms with E-state index in [1.54, 1.807) is 25.6 Å². The van der Waals surface area contributed by atoms with Crippen LogP contribution in [0.5, 0.6) is 5.75 Å². The quantitative estimate of drug-likeness (QED) is 0.565. The van der Waals surface area contributed by atoms with Crippen molar-refractivity contribution in [3.63, 3.8) is 0 Å². The maximum Gasteiger partial charge on any atom is 0.318 e. The SMILES string of the molecule is COc1ccc([C@@H](C)NC(=O)N2CCN(c3ncnc4c3C=C(c3ccc(F)cc3)C4)C[C@H]2C)cc1. The molecule has 0 bridgehead atoms. The van der Waals surface area contributed by atoms with Gasteiger partial charge in [-0.25, -0.2) is 19.2 Å². The lowest BCUT2D eigenvalue weighted by Crippen LogP contribution is -2.57. The maximum absolute atomic E-state index is 13.4. The molecule has 2 atom stereocenters. The second-order valence-electron chi connectivity index (χ2n) is 9.34. The van der Waals surface area contributed by atoms with Crippen molar-refractivity contribution >= 4 is 23.5 Å². The van der Waals surface area contributed by atoms with Gasteiger partial charge in [0, 0.05) is 37.7 Å². The lowest BCUT2D eigenvalue weighted by Gasteiger charge is -2.41. The Kier molecular flexibility index (Phi) is 6.59. The molecule has 0 saturated carbocycles. The van der Waals surface area contributed by atoms with Gasteiger partial charge in [0.25, 0.3) is 0 Å². The molecular weight excluding hydrogens is 457 g/mol. The number of halogens is 1. The highest BCUT2D eigenvalue weighted by molar-refractivity contribution is 5.91. The number of nitrogens with one attached hydrogen (secondary N) is 1. The van der Waals surface area contributed by atoms with E-state index in [0.717, 1.165) is 39.5 Å². The number of fused-ring (bicyclic) bond motifs is 1. The van der Waals surface area contributed by atoms with Crippen LogP contribution >= 0.6 is 0 Å². The number of ether oxygens (including phenoxy) is 1. The fraction of sp³-hybridized carbons (Fsp3) is 0.321. The van der Waals surface area contributed by atoms with Gasteiger partial charge in [0.05, 0.1) is 18.8 Å². The molecule has 1 fully saturated rings. The number of amides is 2. The van der Waals surface area contributed by atoms with Gasteiger partial charge in [-0.05, 0) is 60.9 Å². The van der Waals surface area contributed by atoms with Gasteiger partial charge in [0.2, 0.25) is 0 Å². The zero-order valence-corrected chi connectivity index (χ0v) is 20.7. The first-order chi connectivity index (χ1) is 17.4. The molecule has 1 aliphatic carbocycles. The third-order valence-electron chi connectivity index (χ3n) is 6.98. The number of carbonyl (C=O) groups is 1. The van der Waals surface area contributed by atoms with Crippen molar-refractivity contribution in [3.8, 4) is 5.75 Å². The number of urea groups is 1. The van der Waals surface area contributed by atoms with Crippen LogP contribution in [0.2, 0.25) is 0 Å². The van der Waals surface area contributed by atoms with Crippen LogP contribution in [0, 0.1) is 5.82 Å². The Balaban J connectivity index is 1.26. The standard InChI is InChI=1S/C28H30FN5O2/c1-18-16-33(12-13-34(18)28(35)32-19(2)20-6-10-24(36-3)11-7-20)27-25-14-22(15-26(25)30-17-31-27)21-4-8-23(29)9-5-21/h4-11,14,17-19H,12-13,15-16H2,1-3H3,(H,32,35)/t18-,19-/m1/s1. The fourth-order valence-corrected chi connectivity index (χ4v) is 4.91. The lowest BCUT2D eigenvalue weighted by atomic mass is 10.1. The number of nitrogens with zero attached hydrogens (tertiary/aromatic N) is 4. The van der Waals surface area contributed by atoms with Crippen molar-refractivity contribution in [2.24, 2.45) is 0 Å². The Morgan fingerprint density at radius 3 is 2.56 bits per heavy atom. The number of anilines is 1. The normalized spacial score (nSPS) is 17.9. The van der Waals surface area contributed by atoms with Crippen LogP contribution in [-0.4, -0.2) is 53.7 Å². The Labute approximate surface area is 210 Å². The minimum atomic E-state index is -0.246. The molecule has 1 saturated heterocycles. The molecule has 0 spiro atoms. The van der Waals surface area contributed by atoms with Gasteiger partial charge in [-0.1, -0.05) is 24.3 Å². The summed E-state index contributed by atoms with van der Waals surface area (Å²) in [6.45, 7) is 5.99. The molecular formula is C28H30FN5O2. The van der Waals surface area contributed by atoms with Crippen LogP contribution in [0.1, 0.15) is 42.3 Å². The first-order valence-corrected chi connectivity index (χ1v) is 12.2. The molecule has 36 heavy (non-hydrogen) atoms. The van der Waals surface area contributed by atoms with E-state index >= 15 is 0 Å². The molecule has 3 aromatic rings. The monoisotopic (exact) mass is 487 g/mol. The minimum absolute atomic E-state index is 0.00869. The molecule has 7 nitrogen and oxygen atoms in total. The maximum atomic E-state index is 13.4. The summed E-state index contributed by atoms with van der Waals surface area (Å²) >= 11 is 0. The Hall–Kier alpha value is -3.94. The summed E-state index contributed by atoms with van der Waals surface area (Å²) in [5.41, 5.74) is 5.10. The summed E-state index contributed by atoms with van der Waals surface area (Å²) in [5, 5.41) is 3.12. The van der Waals surface area contributed by atoms with Crippen molar-refractivity contribution in [1.82, 2.24) is 20.2 Å². The topological polar surface area (TPSA) is 70.6 Å². The van der Waals surface area contributed by atoms with Gasteiger partial charge < -0.3 is 19.9 Å². The van der Waals surface area contributed by atoms with E-state index in [2.05, 4.69) is 33.2 Å². The molecule has 0 unspecified atom stereocenters. The highest BCUT2D eigenvalue weighted by Gasteiger charge is 2.31. The molecule has 1 N–H and O–H groups in total. The number of carbonyl (C=O) groups excluding carboxylic acids is 1. The predicted octanol–water partition coefficient (Wildman–Crippen LogP) is 4.70. The highest BCUT2D eigenvalue weighted by Crippen LogP contribution is 2.35. The third kappa shape index (κ3) is 4.76. The predicted molar refractivity (Wildman–Crippen MR) is 138 cm³/mol. The highest BCUT2D eigenvalue weighted by atomic mass is 19.1. The summed E-state index contributed by atoms with van der Waals surface area (Å²) in [6.07, 6.45) is 4.41. The number of benzene rings is 2. The van der Waals surface area contributed by atoms with Crippen molar-refractivity contribution in [2.75, 3.05) is 31.6 Å². The number of hydrogen-bond donors (Lipinski definition) is 1. The number of rotatable bonds is 5. The molecule has 1 aromatic heterocycles. The van der Waals surface area contributed by atoms with Gasteiger partial charge in [0.1, 0.15) is 23.7 Å². The number of aromatic nitrogens is 2. The Morgan fingerprint density at radius 2 is 1.86 bits per heavy atom. The second kappa shape index (κ2) is 9.97. The van der Waals surface area contributed by atoms with Gasteiger partial charge in [-0.3, -0.25) is 0 Å². The molecule has 2 aromatic carbocycles. The van der Waals surface area contributed by atoms with E-state index in [4.69, 9.17) is 4.74 Å². The van der Waals surface area contributed by atoms with Crippen LogP contribution in [0.3, 0.4) is 0 Å². The van der Waals surface area contributed by atoms with Crippen molar-refractivity contribution < 1.29 is 13.9 Å². The molecule has 1 aliphatic heterocycles. The van der Waals surface area contributed by atoms with E-state index in [1.165, 1.54) is 12.1 Å².